The van der Waals surface area contributed by atoms with Gasteiger partial charge in [-0.1, -0.05) is 161 Å². The lowest BCUT2D eigenvalue weighted by Gasteiger charge is -2.10. The Morgan fingerprint density at radius 3 is 0.820 bits per heavy atom. The Balaban J connectivity index is 0.000000984. The number of benzene rings is 2. The Kier molecular flexibility index (Phi) is 34.8. The molecule has 2 aromatic carbocycles. The average molecular weight is 855 g/mol. The maximum absolute atomic E-state index is 12.3. The third-order valence-electron chi connectivity index (χ3n) is 9.33. The van der Waals surface area contributed by atoms with E-state index in [9.17, 15) is 28.8 Å². The minimum absolute atomic E-state index is 0.289. The number of ether oxygens (including phenoxy) is 4. The van der Waals surface area contributed by atoms with Gasteiger partial charge in [0.1, 0.15) is 0 Å². The zero-order valence-corrected chi connectivity index (χ0v) is 37.5. The van der Waals surface area contributed by atoms with Gasteiger partial charge in [-0.3, -0.25) is 4.79 Å². The molecule has 2 rings (SSSR count). The van der Waals surface area contributed by atoms with Gasteiger partial charge < -0.3 is 29.2 Å². The predicted octanol–water partition coefficient (Wildman–Crippen LogP) is 12.0. The lowest BCUT2D eigenvalue weighted by atomic mass is 10.1. The summed E-state index contributed by atoms with van der Waals surface area (Å²) in [6, 6.07) is 13.4. The Hall–Kier alpha value is -5.00. The maximum atomic E-state index is 12.3. The van der Waals surface area contributed by atoms with Gasteiger partial charge in [-0.2, -0.15) is 0 Å². The highest BCUT2D eigenvalue weighted by Crippen LogP contribution is 2.15. The molecule has 0 aliphatic heterocycles. The molecule has 12 nitrogen and oxygen atoms in total. The van der Waals surface area contributed by atoms with Gasteiger partial charge in [-0.05, 0) is 49.9 Å². The first-order valence-corrected chi connectivity index (χ1v) is 22.4. The molecule has 61 heavy (non-hydrogen) atoms. The van der Waals surface area contributed by atoms with Gasteiger partial charge >= 0.3 is 35.8 Å². The number of carbonyl (C=O) groups is 6. The van der Waals surface area contributed by atoms with Crippen LogP contribution >= 0.6 is 0 Å². The molecule has 0 aliphatic rings. The lowest BCUT2D eigenvalue weighted by Crippen LogP contribution is -2.15. The Morgan fingerprint density at radius 2 is 0.639 bits per heavy atom. The van der Waals surface area contributed by atoms with E-state index in [4.69, 9.17) is 29.2 Å². The van der Waals surface area contributed by atoms with E-state index in [1.165, 1.54) is 51.4 Å². The lowest BCUT2D eigenvalue weighted by molar-refractivity contribution is -0.139. The molecule has 0 aromatic heterocycles. The van der Waals surface area contributed by atoms with Crippen molar-refractivity contribution >= 4 is 35.8 Å². The van der Waals surface area contributed by atoms with Crippen molar-refractivity contribution in [3.8, 4) is 0 Å². The monoisotopic (exact) mass is 855 g/mol. The first kappa shape index (κ1) is 56.0. The van der Waals surface area contributed by atoms with Crippen LogP contribution in [0.25, 0.3) is 0 Å². The van der Waals surface area contributed by atoms with Crippen LogP contribution in [0.15, 0.2) is 60.7 Å². The number of aliphatic carboxylic acids is 2. The molecule has 342 valence electrons. The quantitative estimate of drug-likeness (QED) is 0.0318. The van der Waals surface area contributed by atoms with E-state index in [0.717, 1.165) is 77.0 Å². The molecule has 0 aliphatic carbocycles. The van der Waals surface area contributed by atoms with Crippen LogP contribution in [0, 0.1) is 0 Å². The number of carboxylic acid groups (broad SMARTS) is 2. The van der Waals surface area contributed by atoms with Gasteiger partial charge in [0, 0.05) is 5.57 Å². The van der Waals surface area contributed by atoms with Gasteiger partial charge in [0.05, 0.1) is 55.1 Å². The normalized spacial score (nSPS) is 10.2. The molecule has 2 N–H and O–H groups in total. The molecule has 0 fully saturated rings. The Morgan fingerprint density at radius 1 is 0.410 bits per heavy atom. The highest BCUT2D eigenvalue weighted by molar-refractivity contribution is 6.03. The van der Waals surface area contributed by atoms with E-state index in [-0.39, 0.29) is 27.8 Å². The SMILES string of the molecule is C=C(CC(=O)O)C(=O)O.CCCCCCCOC(=O)c1ccccc1C(=O)OCCCCCCC.CCCCCCCOC(=O)c1ccccc1C(=O)OCCCCCCC. The molecule has 0 heterocycles. The number of unbranched alkanes of at least 4 members (excludes halogenated alkanes) is 16. The fraction of sp³-hybridized carbons (Fsp3) is 0.592. The second kappa shape index (κ2) is 38.0. The topological polar surface area (TPSA) is 180 Å². The largest absolute Gasteiger partial charge is 0.481 e. The fourth-order valence-corrected chi connectivity index (χ4v) is 5.73. The fourth-order valence-electron chi connectivity index (χ4n) is 5.73. The summed E-state index contributed by atoms with van der Waals surface area (Å²) in [7, 11) is 0. The van der Waals surface area contributed by atoms with Crippen molar-refractivity contribution in [3.05, 3.63) is 82.9 Å². The molecule has 0 spiro atoms. The van der Waals surface area contributed by atoms with E-state index in [1.807, 2.05) is 0 Å². The first-order valence-electron chi connectivity index (χ1n) is 22.4. The molecule has 0 radical (unpaired) electrons. The van der Waals surface area contributed by atoms with Crippen LogP contribution in [0.2, 0.25) is 0 Å². The molecule has 0 saturated carbocycles. The molecule has 12 heteroatoms. The van der Waals surface area contributed by atoms with Crippen molar-refractivity contribution in [2.75, 3.05) is 26.4 Å². The number of hydrogen-bond acceptors (Lipinski definition) is 10. The standard InChI is InChI=1S/2C22H34O4.C5H6O4/c2*1-3-5-7-9-13-17-25-21(23)19-15-11-12-16-20(19)22(24)26-18-14-10-8-6-4-2;1-3(5(8)9)2-4(6)7/h2*11-12,15-16H,3-10,13-14,17-18H2,1-2H3;1-2H2,(H,6,7)(H,8,9). The second-order valence-electron chi connectivity index (χ2n) is 14.8. The maximum Gasteiger partial charge on any atom is 0.339 e. The third kappa shape index (κ3) is 29.0. The van der Waals surface area contributed by atoms with E-state index in [2.05, 4.69) is 34.3 Å². The van der Waals surface area contributed by atoms with E-state index >= 15 is 0 Å². The summed E-state index contributed by atoms with van der Waals surface area (Å²) in [6.07, 6.45) is 21.4. The minimum atomic E-state index is -1.27. The van der Waals surface area contributed by atoms with Gasteiger partial charge in [0.25, 0.3) is 0 Å². The number of rotatable bonds is 31. The average Bonchev–Trinajstić information content (AvgIpc) is 3.25. The zero-order chi connectivity index (χ0) is 45.5. The van der Waals surface area contributed by atoms with Crippen molar-refractivity contribution in [1.82, 2.24) is 0 Å². The second-order valence-corrected chi connectivity index (χ2v) is 14.8. The summed E-state index contributed by atoms with van der Waals surface area (Å²) < 4.78 is 21.3. The zero-order valence-electron chi connectivity index (χ0n) is 37.5. The third-order valence-corrected chi connectivity index (χ3v) is 9.33. The van der Waals surface area contributed by atoms with Crippen LogP contribution in [0.4, 0.5) is 0 Å². The smallest absolute Gasteiger partial charge is 0.339 e. The van der Waals surface area contributed by atoms with Crippen LogP contribution in [-0.4, -0.2) is 72.5 Å². The number of hydrogen-bond donors (Lipinski definition) is 2. The van der Waals surface area contributed by atoms with Crippen LogP contribution in [0.1, 0.15) is 204 Å². The van der Waals surface area contributed by atoms with E-state index < -0.39 is 42.2 Å². The number of carbonyl (C=O) groups excluding carboxylic acids is 4. The highest BCUT2D eigenvalue weighted by atomic mass is 16.5. The highest BCUT2D eigenvalue weighted by Gasteiger charge is 2.20. The molecule has 0 unspecified atom stereocenters. The predicted molar refractivity (Wildman–Crippen MR) is 238 cm³/mol. The molecule has 0 bridgehead atoms. The van der Waals surface area contributed by atoms with E-state index in [1.54, 1.807) is 48.5 Å². The molecule has 0 amide bonds. The van der Waals surface area contributed by atoms with Crippen molar-refractivity contribution in [3.63, 3.8) is 0 Å². The first-order chi connectivity index (χ1) is 29.4. The van der Waals surface area contributed by atoms with Crippen molar-refractivity contribution in [2.45, 2.75) is 163 Å². The minimum Gasteiger partial charge on any atom is -0.481 e. The van der Waals surface area contributed by atoms with Crippen molar-refractivity contribution < 1.29 is 57.9 Å². The summed E-state index contributed by atoms with van der Waals surface area (Å²) in [5, 5.41) is 16.1. The van der Waals surface area contributed by atoms with E-state index in [0.29, 0.717) is 26.4 Å². The molecule has 2 aromatic rings. The van der Waals surface area contributed by atoms with Gasteiger partial charge in [-0.15, -0.1) is 0 Å². The Bertz CT molecular complexity index is 1360. The molecule has 0 atom stereocenters. The van der Waals surface area contributed by atoms with Gasteiger partial charge in [-0.25, -0.2) is 24.0 Å². The van der Waals surface area contributed by atoms with Gasteiger partial charge in [0.15, 0.2) is 0 Å². The Labute approximate surface area is 364 Å². The number of carboxylic acids is 2. The molecular weight excluding hydrogens is 781 g/mol. The van der Waals surface area contributed by atoms with Crippen molar-refractivity contribution in [2.24, 2.45) is 0 Å². The summed E-state index contributed by atoms with van der Waals surface area (Å²) in [5.74, 6) is -4.24. The summed E-state index contributed by atoms with van der Waals surface area (Å²) in [4.78, 5) is 68.8. The van der Waals surface area contributed by atoms with Gasteiger partial charge in [0.2, 0.25) is 0 Å². The van der Waals surface area contributed by atoms with Crippen LogP contribution in [0.5, 0.6) is 0 Å². The number of esters is 4. The van der Waals surface area contributed by atoms with Crippen LogP contribution in [-0.2, 0) is 28.5 Å². The summed E-state index contributed by atoms with van der Waals surface area (Å²) in [6.45, 7) is 13.3. The molecule has 0 saturated heterocycles. The molecular formula is C49H74O12. The summed E-state index contributed by atoms with van der Waals surface area (Å²) in [5.41, 5.74) is 0.852. The summed E-state index contributed by atoms with van der Waals surface area (Å²) >= 11 is 0. The van der Waals surface area contributed by atoms with Crippen LogP contribution < -0.4 is 0 Å². The van der Waals surface area contributed by atoms with Crippen molar-refractivity contribution in [1.29, 1.82) is 0 Å². The van der Waals surface area contributed by atoms with Crippen LogP contribution in [0.3, 0.4) is 0 Å².